The van der Waals surface area contributed by atoms with E-state index in [9.17, 15) is 17.2 Å². The Kier molecular flexibility index (Phi) is 4.67. The monoisotopic (exact) mass is 416 g/mol. The average Bonchev–Trinajstić information content (AvgIpc) is 2.32. The van der Waals surface area contributed by atoms with Gasteiger partial charge in [0.2, 0.25) is 0 Å². The van der Waals surface area contributed by atoms with E-state index in [1.54, 1.807) is 0 Å². The third kappa shape index (κ3) is 3.19. The Hall–Kier alpha value is -0.0100. The molecule has 0 radical (unpaired) electrons. The van der Waals surface area contributed by atoms with Crippen molar-refractivity contribution in [2.75, 3.05) is 5.75 Å². The molecule has 106 valence electrons. The number of halogens is 4. The highest BCUT2D eigenvalue weighted by Crippen LogP contribution is 2.38. The molecule has 2 atom stereocenters. The Bertz CT molecular complexity index is 590. The second-order valence-corrected chi connectivity index (χ2v) is 8.77. The van der Waals surface area contributed by atoms with E-state index < -0.39 is 31.5 Å². The van der Waals surface area contributed by atoms with Gasteiger partial charge in [-0.2, -0.15) is 0 Å². The lowest BCUT2D eigenvalue weighted by Crippen LogP contribution is -2.32. The van der Waals surface area contributed by atoms with Crippen molar-refractivity contribution in [3.8, 4) is 0 Å². The van der Waals surface area contributed by atoms with E-state index in [-0.39, 0.29) is 15.8 Å². The molecule has 1 aliphatic heterocycles. The minimum absolute atomic E-state index is 0.0277. The van der Waals surface area contributed by atoms with E-state index in [1.165, 1.54) is 0 Å². The number of hydrogen-bond donors (Lipinski definition) is 0. The average molecular weight is 418 g/mol. The molecule has 1 aliphatic rings. The van der Waals surface area contributed by atoms with Gasteiger partial charge in [-0.15, -0.1) is 0 Å². The van der Waals surface area contributed by atoms with Gasteiger partial charge in [0.1, 0.15) is 11.6 Å². The predicted molar refractivity (Wildman–Crippen MR) is 77.2 cm³/mol. The molecule has 0 amide bonds. The van der Waals surface area contributed by atoms with Crippen LogP contribution in [-0.4, -0.2) is 19.4 Å². The summed E-state index contributed by atoms with van der Waals surface area (Å²) in [4.78, 5) is -0.722. The molecule has 19 heavy (non-hydrogen) atoms. The quantitative estimate of drug-likeness (QED) is 0.535. The van der Waals surface area contributed by atoms with Crippen LogP contribution in [0.4, 0.5) is 8.78 Å². The van der Waals surface area contributed by atoms with Gasteiger partial charge in [-0.1, -0.05) is 22.4 Å². The van der Waals surface area contributed by atoms with E-state index in [0.717, 1.165) is 18.6 Å². The summed E-state index contributed by atoms with van der Waals surface area (Å²) in [6.07, 6.45) is 1.89. The molecule has 2 unspecified atom stereocenters. The first-order chi connectivity index (χ1) is 8.83. The van der Waals surface area contributed by atoms with Crippen molar-refractivity contribution in [3.05, 3.63) is 33.8 Å². The lowest BCUT2D eigenvalue weighted by molar-refractivity contribution is 0.526. The van der Waals surface area contributed by atoms with E-state index in [1.807, 2.05) is 0 Å². The number of hydrogen-bond acceptors (Lipinski definition) is 2. The molecular weight excluding hydrogens is 406 g/mol. The molecule has 2 rings (SSSR count). The molecule has 0 aliphatic carbocycles. The van der Waals surface area contributed by atoms with Crippen LogP contribution in [0.15, 0.2) is 16.6 Å². The zero-order valence-electron chi connectivity index (χ0n) is 9.87. The van der Waals surface area contributed by atoms with Crippen LogP contribution in [0, 0.1) is 11.6 Å². The van der Waals surface area contributed by atoms with Crippen LogP contribution in [0.3, 0.4) is 0 Å². The van der Waals surface area contributed by atoms with Gasteiger partial charge in [0.05, 0.1) is 20.3 Å². The number of alkyl halides is 1. The lowest BCUT2D eigenvalue weighted by atomic mass is 10.0. The fourth-order valence-electron chi connectivity index (χ4n) is 2.26. The van der Waals surface area contributed by atoms with Crippen LogP contribution in [0.5, 0.6) is 0 Å². The number of sulfone groups is 1. The summed E-state index contributed by atoms with van der Waals surface area (Å²) < 4.78 is 51.4. The van der Waals surface area contributed by atoms with Gasteiger partial charge in [-0.25, -0.2) is 17.2 Å². The van der Waals surface area contributed by atoms with Crippen LogP contribution in [0.2, 0.25) is 0 Å². The molecular formula is C12H12Br2F2O2S. The van der Waals surface area contributed by atoms with Crippen molar-refractivity contribution in [1.82, 2.24) is 0 Å². The van der Waals surface area contributed by atoms with Crippen LogP contribution in [-0.2, 0) is 9.84 Å². The second-order valence-electron chi connectivity index (χ2n) is 4.59. The summed E-state index contributed by atoms with van der Waals surface area (Å²) in [6.45, 7) is 0. The highest BCUT2D eigenvalue weighted by molar-refractivity contribution is 9.10. The molecule has 1 saturated heterocycles. The summed E-state index contributed by atoms with van der Waals surface area (Å²) in [5.41, 5.74) is 0.0520. The van der Waals surface area contributed by atoms with Gasteiger partial charge >= 0.3 is 0 Å². The maximum atomic E-state index is 13.9. The van der Waals surface area contributed by atoms with Crippen molar-refractivity contribution >= 4 is 41.7 Å². The zero-order valence-corrected chi connectivity index (χ0v) is 13.9. The SMILES string of the molecule is O=S1(=O)CCCCC1C(Br)c1cc(F)c(Br)cc1F. The van der Waals surface area contributed by atoms with Crippen molar-refractivity contribution in [1.29, 1.82) is 0 Å². The van der Waals surface area contributed by atoms with E-state index >= 15 is 0 Å². The van der Waals surface area contributed by atoms with E-state index in [2.05, 4.69) is 31.9 Å². The van der Waals surface area contributed by atoms with Crippen molar-refractivity contribution < 1.29 is 17.2 Å². The van der Waals surface area contributed by atoms with E-state index in [4.69, 9.17) is 0 Å². The summed E-state index contributed by atoms with van der Waals surface area (Å²) >= 11 is 6.13. The molecule has 2 nitrogen and oxygen atoms in total. The topological polar surface area (TPSA) is 34.1 Å². The third-order valence-electron chi connectivity index (χ3n) is 3.29. The Labute approximate surface area is 127 Å². The fraction of sp³-hybridized carbons (Fsp3) is 0.500. The van der Waals surface area contributed by atoms with E-state index in [0.29, 0.717) is 12.8 Å². The van der Waals surface area contributed by atoms with Gasteiger partial charge < -0.3 is 0 Å². The maximum Gasteiger partial charge on any atom is 0.154 e. The van der Waals surface area contributed by atoms with Gasteiger partial charge in [0.25, 0.3) is 0 Å². The van der Waals surface area contributed by atoms with Crippen molar-refractivity contribution in [3.63, 3.8) is 0 Å². The van der Waals surface area contributed by atoms with Crippen LogP contribution in [0.1, 0.15) is 29.7 Å². The molecule has 0 spiro atoms. The highest BCUT2D eigenvalue weighted by atomic mass is 79.9. The first-order valence-electron chi connectivity index (χ1n) is 5.83. The van der Waals surface area contributed by atoms with Gasteiger partial charge in [-0.05, 0) is 40.9 Å². The van der Waals surface area contributed by atoms with Crippen LogP contribution >= 0.6 is 31.9 Å². The van der Waals surface area contributed by atoms with Crippen LogP contribution in [0.25, 0.3) is 0 Å². The Morgan fingerprint density at radius 1 is 1.21 bits per heavy atom. The predicted octanol–water partition coefficient (Wildman–Crippen LogP) is 4.13. The summed E-state index contributed by atoms with van der Waals surface area (Å²) in [6, 6.07) is 2.07. The molecule has 0 aromatic heterocycles. The first kappa shape index (κ1) is 15.4. The Balaban J connectivity index is 2.39. The molecule has 0 N–H and O–H groups in total. The maximum absolute atomic E-state index is 13.9. The molecule has 0 bridgehead atoms. The normalized spacial score (nSPS) is 24.1. The number of benzene rings is 1. The molecule has 1 aromatic carbocycles. The van der Waals surface area contributed by atoms with Crippen molar-refractivity contribution in [2.24, 2.45) is 0 Å². The molecule has 1 heterocycles. The third-order valence-corrected chi connectivity index (χ3v) is 7.67. The molecule has 0 saturated carbocycles. The van der Waals surface area contributed by atoms with Gasteiger partial charge in [0, 0.05) is 5.56 Å². The minimum Gasteiger partial charge on any atom is -0.228 e. The molecule has 1 fully saturated rings. The summed E-state index contributed by atoms with van der Waals surface area (Å²) in [7, 11) is -3.26. The standard InChI is InChI=1S/C12H12Br2F2O2S/c13-8-6-9(15)7(5-10(8)16)12(14)11-3-1-2-4-19(11,17)18/h5-6,11-12H,1-4H2. The number of rotatable bonds is 2. The highest BCUT2D eigenvalue weighted by Gasteiger charge is 2.36. The zero-order chi connectivity index (χ0) is 14.2. The fourth-order valence-corrected chi connectivity index (χ4v) is 6.12. The van der Waals surface area contributed by atoms with Gasteiger partial charge in [-0.3, -0.25) is 0 Å². The van der Waals surface area contributed by atoms with Crippen molar-refractivity contribution in [2.45, 2.75) is 29.3 Å². The van der Waals surface area contributed by atoms with Gasteiger partial charge in [0.15, 0.2) is 9.84 Å². The minimum atomic E-state index is -3.26. The first-order valence-corrected chi connectivity index (χ1v) is 9.25. The summed E-state index contributed by atoms with van der Waals surface area (Å²) in [5.74, 6) is -1.11. The largest absolute Gasteiger partial charge is 0.228 e. The lowest BCUT2D eigenvalue weighted by Gasteiger charge is -2.27. The smallest absolute Gasteiger partial charge is 0.154 e. The molecule has 7 heteroatoms. The Morgan fingerprint density at radius 3 is 2.53 bits per heavy atom. The second kappa shape index (κ2) is 5.77. The van der Waals surface area contributed by atoms with Crippen LogP contribution < -0.4 is 0 Å². The molecule has 1 aromatic rings. The Morgan fingerprint density at radius 2 is 1.89 bits per heavy atom. The summed E-state index contributed by atoms with van der Waals surface area (Å²) in [5, 5.41) is -0.698.